The molecular weight excluding hydrogens is 260 g/mol. The first kappa shape index (κ1) is 13.6. The number of hydrogen-bond donors (Lipinski definition) is 1. The number of anilines is 1. The third-order valence-corrected chi connectivity index (χ3v) is 3.62. The number of hydrogen-bond acceptors (Lipinski definition) is 3. The molecule has 0 amide bonds. The van der Waals surface area contributed by atoms with Gasteiger partial charge in [-0.2, -0.15) is 0 Å². The van der Waals surface area contributed by atoms with E-state index in [2.05, 4.69) is 70.2 Å². The summed E-state index contributed by atoms with van der Waals surface area (Å²) in [5.74, 6) is 1.31. The number of para-hydroxylation sites is 1. The molecule has 0 aliphatic heterocycles. The van der Waals surface area contributed by atoms with Crippen molar-refractivity contribution in [1.29, 1.82) is 0 Å². The van der Waals surface area contributed by atoms with Crippen molar-refractivity contribution in [2.75, 3.05) is 11.9 Å². The molecule has 0 atom stereocenters. The van der Waals surface area contributed by atoms with Gasteiger partial charge in [-0.3, -0.25) is 0 Å². The molecule has 0 aliphatic carbocycles. The van der Waals surface area contributed by atoms with E-state index in [1.165, 1.54) is 10.9 Å². The van der Waals surface area contributed by atoms with E-state index in [9.17, 15) is 0 Å². The lowest BCUT2D eigenvalue weighted by Gasteiger charge is -2.10. The van der Waals surface area contributed by atoms with Crippen LogP contribution in [0.15, 0.2) is 48.9 Å². The molecule has 2 heterocycles. The predicted octanol–water partition coefficient (Wildman–Crippen LogP) is 3.67. The van der Waals surface area contributed by atoms with Crippen LogP contribution in [0.2, 0.25) is 0 Å². The Kier molecular flexibility index (Phi) is 3.86. The van der Waals surface area contributed by atoms with Crippen LogP contribution < -0.4 is 5.32 Å². The van der Waals surface area contributed by atoms with E-state index in [0.29, 0.717) is 5.92 Å². The summed E-state index contributed by atoms with van der Waals surface area (Å²) in [6.07, 6.45) is 3.76. The van der Waals surface area contributed by atoms with Crippen LogP contribution >= 0.6 is 0 Å². The Balaban J connectivity index is 1.65. The second kappa shape index (κ2) is 5.95. The Bertz CT molecular complexity index is 730. The number of nitrogens with zero attached hydrogens (tertiary/aromatic N) is 3. The summed E-state index contributed by atoms with van der Waals surface area (Å²) in [5, 5.41) is 4.65. The van der Waals surface area contributed by atoms with Crippen molar-refractivity contribution in [2.45, 2.75) is 26.3 Å². The Hall–Kier alpha value is -2.36. The SMILES string of the molecule is CC(C)c1cc(NCCn2ccc3ccccc32)ncn1. The smallest absolute Gasteiger partial charge is 0.129 e. The maximum absolute atomic E-state index is 4.28. The van der Waals surface area contributed by atoms with Gasteiger partial charge in [-0.25, -0.2) is 9.97 Å². The van der Waals surface area contributed by atoms with E-state index in [-0.39, 0.29) is 0 Å². The van der Waals surface area contributed by atoms with Crippen LogP contribution in [0.5, 0.6) is 0 Å². The van der Waals surface area contributed by atoms with Crippen molar-refractivity contribution in [3.05, 3.63) is 54.6 Å². The van der Waals surface area contributed by atoms with E-state index in [4.69, 9.17) is 0 Å². The molecular formula is C17H20N4. The van der Waals surface area contributed by atoms with Gasteiger partial charge in [0, 0.05) is 36.6 Å². The molecule has 0 saturated heterocycles. The van der Waals surface area contributed by atoms with Crippen LogP contribution in [0.3, 0.4) is 0 Å². The van der Waals surface area contributed by atoms with Gasteiger partial charge in [0.05, 0.1) is 0 Å². The number of aromatic nitrogens is 3. The highest BCUT2D eigenvalue weighted by molar-refractivity contribution is 5.79. The van der Waals surface area contributed by atoms with Gasteiger partial charge in [-0.15, -0.1) is 0 Å². The average molecular weight is 280 g/mol. The van der Waals surface area contributed by atoms with Gasteiger partial charge < -0.3 is 9.88 Å². The molecule has 0 bridgehead atoms. The summed E-state index contributed by atoms with van der Waals surface area (Å²) in [6, 6.07) is 12.6. The summed E-state index contributed by atoms with van der Waals surface area (Å²) < 4.78 is 2.26. The van der Waals surface area contributed by atoms with Crippen molar-refractivity contribution in [2.24, 2.45) is 0 Å². The molecule has 0 spiro atoms. The Morgan fingerprint density at radius 1 is 1.14 bits per heavy atom. The van der Waals surface area contributed by atoms with Crippen molar-refractivity contribution in [3.63, 3.8) is 0 Å². The maximum atomic E-state index is 4.28. The lowest BCUT2D eigenvalue weighted by atomic mass is 10.1. The molecule has 3 rings (SSSR count). The maximum Gasteiger partial charge on any atom is 0.129 e. The van der Waals surface area contributed by atoms with Gasteiger partial charge in [0.15, 0.2) is 0 Å². The largest absolute Gasteiger partial charge is 0.368 e. The van der Waals surface area contributed by atoms with E-state index in [1.807, 2.05) is 6.07 Å². The molecule has 2 aromatic heterocycles. The first-order valence-corrected chi connectivity index (χ1v) is 7.34. The summed E-state index contributed by atoms with van der Waals surface area (Å²) in [5.41, 5.74) is 2.34. The molecule has 0 unspecified atom stereocenters. The molecule has 0 fully saturated rings. The third-order valence-electron chi connectivity index (χ3n) is 3.62. The Labute approximate surface area is 124 Å². The van der Waals surface area contributed by atoms with E-state index in [0.717, 1.165) is 24.6 Å². The quantitative estimate of drug-likeness (QED) is 0.775. The van der Waals surface area contributed by atoms with Crippen LogP contribution in [-0.2, 0) is 6.54 Å². The topological polar surface area (TPSA) is 42.7 Å². The van der Waals surface area contributed by atoms with E-state index < -0.39 is 0 Å². The summed E-state index contributed by atoms with van der Waals surface area (Å²) in [4.78, 5) is 8.55. The Morgan fingerprint density at radius 2 is 2.00 bits per heavy atom. The van der Waals surface area contributed by atoms with Crippen LogP contribution in [0.1, 0.15) is 25.5 Å². The molecule has 108 valence electrons. The zero-order valence-electron chi connectivity index (χ0n) is 12.5. The highest BCUT2D eigenvalue weighted by Crippen LogP contribution is 2.16. The standard InChI is InChI=1S/C17H20N4/c1-13(2)15-11-17(20-12-19-15)18-8-10-21-9-7-14-5-3-4-6-16(14)21/h3-7,9,11-13H,8,10H2,1-2H3,(H,18,19,20). The molecule has 1 N–H and O–H groups in total. The average Bonchev–Trinajstić information content (AvgIpc) is 2.91. The van der Waals surface area contributed by atoms with Crippen molar-refractivity contribution >= 4 is 16.7 Å². The van der Waals surface area contributed by atoms with Crippen LogP contribution in [-0.4, -0.2) is 21.1 Å². The monoisotopic (exact) mass is 280 g/mol. The number of fused-ring (bicyclic) bond motifs is 1. The minimum absolute atomic E-state index is 0.418. The van der Waals surface area contributed by atoms with E-state index >= 15 is 0 Å². The van der Waals surface area contributed by atoms with Crippen molar-refractivity contribution in [1.82, 2.24) is 14.5 Å². The number of nitrogens with one attached hydrogen (secondary N) is 1. The zero-order chi connectivity index (χ0) is 14.7. The van der Waals surface area contributed by atoms with Gasteiger partial charge in [0.25, 0.3) is 0 Å². The lowest BCUT2D eigenvalue weighted by molar-refractivity contribution is 0.753. The third kappa shape index (κ3) is 3.05. The molecule has 1 aromatic carbocycles. The van der Waals surface area contributed by atoms with Crippen molar-refractivity contribution < 1.29 is 0 Å². The molecule has 0 aliphatic rings. The summed E-state index contributed by atoms with van der Waals surface area (Å²) >= 11 is 0. The fourth-order valence-corrected chi connectivity index (χ4v) is 2.42. The highest BCUT2D eigenvalue weighted by Gasteiger charge is 2.03. The number of rotatable bonds is 5. The molecule has 0 saturated carbocycles. The fraction of sp³-hybridized carbons (Fsp3) is 0.294. The molecule has 0 radical (unpaired) electrons. The van der Waals surface area contributed by atoms with Crippen molar-refractivity contribution in [3.8, 4) is 0 Å². The first-order chi connectivity index (χ1) is 10.2. The molecule has 21 heavy (non-hydrogen) atoms. The second-order valence-corrected chi connectivity index (χ2v) is 5.48. The Morgan fingerprint density at radius 3 is 2.86 bits per heavy atom. The normalized spacial score (nSPS) is 11.2. The highest BCUT2D eigenvalue weighted by atomic mass is 15.0. The minimum Gasteiger partial charge on any atom is -0.368 e. The van der Waals surface area contributed by atoms with Gasteiger partial charge in [0.2, 0.25) is 0 Å². The van der Waals surface area contributed by atoms with Crippen LogP contribution in [0.4, 0.5) is 5.82 Å². The second-order valence-electron chi connectivity index (χ2n) is 5.48. The van der Waals surface area contributed by atoms with Gasteiger partial charge in [-0.05, 0) is 23.4 Å². The lowest BCUT2D eigenvalue weighted by Crippen LogP contribution is -2.11. The first-order valence-electron chi connectivity index (χ1n) is 7.34. The van der Waals surface area contributed by atoms with E-state index in [1.54, 1.807) is 6.33 Å². The summed E-state index contributed by atoms with van der Waals surface area (Å²) in [6.45, 7) is 6.03. The fourth-order valence-electron chi connectivity index (χ4n) is 2.42. The predicted molar refractivity (Wildman–Crippen MR) is 86.5 cm³/mol. The summed E-state index contributed by atoms with van der Waals surface area (Å²) in [7, 11) is 0. The van der Waals surface area contributed by atoms with Gasteiger partial charge in [-0.1, -0.05) is 32.0 Å². The number of benzene rings is 1. The zero-order valence-corrected chi connectivity index (χ0v) is 12.5. The van der Waals surface area contributed by atoms with Gasteiger partial charge in [0.1, 0.15) is 12.1 Å². The van der Waals surface area contributed by atoms with Crippen LogP contribution in [0.25, 0.3) is 10.9 Å². The van der Waals surface area contributed by atoms with Crippen LogP contribution in [0, 0.1) is 0 Å². The molecule has 4 heteroatoms. The minimum atomic E-state index is 0.418. The molecule has 3 aromatic rings. The molecule has 4 nitrogen and oxygen atoms in total. The van der Waals surface area contributed by atoms with Gasteiger partial charge >= 0.3 is 0 Å².